The molecule has 2 aromatic carbocycles. The van der Waals surface area contributed by atoms with Crippen LogP contribution in [-0.4, -0.2) is 30.8 Å². The molecule has 0 saturated heterocycles. The first-order chi connectivity index (χ1) is 13.8. The summed E-state index contributed by atoms with van der Waals surface area (Å²) in [4.78, 5) is 0. The van der Waals surface area contributed by atoms with Crippen molar-refractivity contribution in [3.8, 4) is 28.7 Å². The molecule has 0 aliphatic heterocycles. The van der Waals surface area contributed by atoms with Crippen molar-refractivity contribution in [1.82, 2.24) is 10.2 Å². The van der Waals surface area contributed by atoms with Crippen molar-refractivity contribution in [3.63, 3.8) is 0 Å². The quantitative estimate of drug-likeness (QED) is 0.462. The van der Waals surface area contributed by atoms with Crippen molar-refractivity contribution < 1.29 is 31.8 Å². The summed E-state index contributed by atoms with van der Waals surface area (Å²) in [5.74, 6) is 1.16. The molecule has 10 heteroatoms. The van der Waals surface area contributed by atoms with Crippen molar-refractivity contribution in [3.05, 3.63) is 48.0 Å². The average Bonchev–Trinajstić information content (AvgIpc) is 3.15. The van der Waals surface area contributed by atoms with Crippen LogP contribution in [0, 0.1) is 0 Å². The Kier molecular flexibility index (Phi) is 6.21. The number of aromatic nitrogens is 2. The highest BCUT2D eigenvalue weighted by Crippen LogP contribution is 2.37. The van der Waals surface area contributed by atoms with E-state index < -0.39 is 6.36 Å². The lowest BCUT2D eigenvalue weighted by atomic mass is 10.2. The first-order valence-corrected chi connectivity index (χ1v) is 9.25. The largest absolute Gasteiger partial charge is 0.573 e. The summed E-state index contributed by atoms with van der Waals surface area (Å²) >= 11 is 1.29. The molecule has 1 aromatic heterocycles. The maximum absolute atomic E-state index is 12.3. The molecule has 0 aliphatic rings. The fourth-order valence-electron chi connectivity index (χ4n) is 2.50. The van der Waals surface area contributed by atoms with Crippen LogP contribution in [0.15, 0.2) is 52.1 Å². The van der Waals surface area contributed by atoms with Gasteiger partial charge in [0.2, 0.25) is 5.89 Å². The Labute approximate surface area is 169 Å². The number of rotatable bonds is 7. The van der Waals surface area contributed by atoms with Crippen molar-refractivity contribution in [2.75, 3.05) is 14.2 Å². The number of nitrogens with zero attached hydrogens (tertiary/aromatic N) is 2. The number of alkyl halides is 3. The smallest absolute Gasteiger partial charge is 0.493 e. The lowest BCUT2D eigenvalue weighted by Gasteiger charge is -2.11. The Morgan fingerprint density at radius 3 is 2.28 bits per heavy atom. The molecule has 0 unspecified atom stereocenters. The Morgan fingerprint density at radius 1 is 0.966 bits per heavy atom. The van der Waals surface area contributed by atoms with Gasteiger partial charge in [-0.25, -0.2) is 0 Å². The topological polar surface area (TPSA) is 66.6 Å². The van der Waals surface area contributed by atoms with Crippen molar-refractivity contribution in [2.24, 2.45) is 0 Å². The van der Waals surface area contributed by atoms with E-state index in [9.17, 15) is 13.2 Å². The molecule has 0 radical (unpaired) electrons. The second kappa shape index (κ2) is 8.64. The standard InChI is InChI=1S/C19H17F3N2O4S/c1-11(12-4-7-14(8-5-12)28-19(20,21)22)29-18-24-23-17(27-18)13-6-9-15(25-2)16(10-13)26-3/h4-11H,1-3H3/t11-/m0/s1. The Bertz CT molecular complexity index is 961. The maximum Gasteiger partial charge on any atom is 0.573 e. The lowest BCUT2D eigenvalue weighted by Crippen LogP contribution is -2.17. The van der Waals surface area contributed by atoms with Crippen LogP contribution in [0.4, 0.5) is 13.2 Å². The zero-order valence-corrected chi connectivity index (χ0v) is 16.5. The fraction of sp³-hybridized carbons (Fsp3) is 0.263. The third-order valence-corrected chi connectivity index (χ3v) is 4.89. The highest BCUT2D eigenvalue weighted by atomic mass is 32.2. The summed E-state index contributed by atoms with van der Waals surface area (Å²) in [5, 5.41) is 8.26. The minimum Gasteiger partial charge on any atom is -0.493 e. The molecule has 3 rings (SSSR count). The Balaban J connectivity index is 1.70. The fourth-order valence-corrected chi connectivity index (χ4v) is 3.31. The number of benzene rings is 2. The van der Waals surface area contributed by atoms with Crippen LogP contribution in [0.5, 0.6) is 17.2 Å². The number of halogens is 3. The second-order valence-electron chi connectivity index (χ2n) is 5.82. The molecular formula is C19H17F3N2O4S. The van der Waals surface area contributed by atoms with E-state index in [1.165, 1.54) is 31.0 Å². The highest BCUT2D eigenvalue weighted by Gasteiger charge is 2.31. The number of methoxy groups -OCH3 is 2. The summed E-state index contributed by atoms with van der Waals surface area (Å²) in [7, 11) is 3.07. The molecule has 0 bridgehead atoms. The monoisotopic (exact) mass is 426 g/mol. The third kappa shape index (κ3) is 5.35. The van der Waals surface area contributed by atoms with Crippen LogP contribution in [0.2, 0.25) is 0 Å². The van der Waals surface area contributed by atoms with E-state index in [2.05, 4.69) is 14.9 Å². The predicted octanol–water partition coefficient (Wildman–Crippen LogP) is 5.51. The normalized spacial score (nSPS) is 12.5. The molecule has 3 aromatic rings. The lowest BCUT2D eigenvalue weighted by molar-refractivity contribution is -0.274. The Morgan fingerprint density at radius 2 is 1.66 bits per heavy atom. The highest BCUT2D eigenvalue weighted by molar-refractivity contribution is 7.99. The van der Waals surface area contributed by atoms with Gasteiger partial charge in [0.15, 0.2) is 11.5 Å². The van der Waals surface area contributed by atoms with Gasteiger partial charge in [0.1, 0.15) is 5.75 Å². The molecule has 154 valence electrons. The van der Waals surface area contributed by atoms with Gasteiger partial charge in [-0.2, -0.15) is 0 Å². The van der Waals surface area contributed by atoms with Gasteiger partial charge in [-0.1, -0.05) is 23.9 Å². The molecule has 0 fully saturated rings. The minimum absolute atomic E-state index is 0.131. The number of hydrogen-bond acceptors (Lipinski definition) is 7. The molecule has 0 spiro atoms. The first-order valence-electron chi connectivity index (χ1n) is 8.37. The van der Waals surface area contributed by atoms with Crippen LogP contribution >= 0.6 is 11.8 Å². The van der Waals surface area contributed by atoms with Gasteiger partial charge in [0.25, 0.3) is 5.22 Å². The number of thioether (sulfide) groups is 1. The van der Waals surface area contributed by atoms with Gasteiger partial charge >= 0.3 is 6.36 Å². The Hall–Kier alpha value is -2.88. The predicted molar refractivity (Wildman–Crippen MR) is 100 cm³/mol. The molecular weight excluding hydrogens is 409 g/mol. The summed E-state index contributed by atoms with van der Waals surface area (Å²) < 4.78 is 56.8. The van der Waals surface area contributed by atoms with E-state index >= 15 is 0 Å². The van der Waals surface area contributed by atoms with E-state index in [0.29, 0.717) is 28.2 Å². The zero-order valence-electron chi connectivity index (χ0n) is 15.7. The van der Waals surface area contributed by atoms with Gasteiger partial charge in [-0.3, -0.25) is 0 Å². The van der Waals surface area contributed by atoms with Crippen molar-refractivity contribution in [1.29, 1.82) is 0 Å². The second-order valence-corrected chi connectivity index (χ2v) is 7.11. The van der Waals surface area contributed by atoms with Gasteiger partial charge in [-0.15, -0.1) is 23.4 Å². The van der Waals surface area contributed by atoms with Gasteiger partial charge in [-0.05, 0) is 42.8 Å². The van der Waals surface area contributed by atoms with Gasteiger partial charge < -0.3 is 18.6 Å². The molecule has 1 atom stereocenters. The van der Waals surface area contributed by atoms with Crippen LogP contribution in [0.25, 0.3) is 11.5 Å². The minimum atomic E-state index is -4.72. The molecule has 1 heterocycles. The first kappa shape index (κ1) is 20.8. The van der Waals surface area contributed by atoms with Crippen LogP contribution in [0.1, 0.15) is 17.7 Å². The van der Waals surface area contributed by atoms with Crippen molar-refractivity contribution in [2.45, 2.75) is 23.8 Å². The van der Waals surface area contributed by atoms with E-state index in [1.54, 1.807) is 37.4 Å². The molecule has 6 nitrogen and oxygen atoms in total. The van der Waals surface area contributed by atoms with Crippen molar-refractivity contribution >= 4 is 11.8 Å². The summed E-state index contributed by atoms with van der Waals surface area (Å²) in [6, 6.07) is 10.9. The number of hydrogen-bond donors (Lipinski definition) is 0. The summed E-state index contributed by atoms with van der Waals surface area (Å²) in [6.07, 6.45) is -4.72. The van der Waals surface area contributed by atoms with E-state index in [1.807, 2.05) is 6.92 Å². The molecule has 0 saturated carbocycles. The van der Waals surface area contributed by atoms with E-state index in [0.717, 1.165) is 5.56 Å². The molecule has 0 N–H and O–H groups in total. The summed E-state index contributed by atoms with van der Waals surface area (Å²) in [6.45, 7) is 1.88. The summed E-state index contributed by atoms with van der Waals surface area (Å²) in [5.41, 5.74) is 1.46. The van der Waals surface area contributed by atoms with Crippen LogP contribution in [0.3, 0.4) is 0 Å². The van der Waals surface area contributed by atoms with Crippen LogP contribution in [-0.2, 0) is 0 Å². The van der Waals surface area contributed by atoms with E-state index in [4.69, 9.17) is 13.9 Å². The van der Waals surface area contributed by atoms with Gasteiger partial charge in [0.05, 0.1) is 14.2 Å². The molecule has 0 amide bonds. The zero-order chi connectivity index (χ0) is 21.0. The number of ether oxygens (including phenoxy) is 3. The van der Waals surface area contributed by atoms with E-state index in [-0.39, 0.29) is 11.0 Å². The average molecular weight is 426 g/mol. The molecule has 0 aliphatic carbocycles. The third-order valence-electron chi connectivity index (χ3n) is 3.90. The van der Waals surface area contributed by atoms with Crippen LogP contribution < -0.4 is 14.2 Å². The SMILES string of the molecule is COc1ccc(-c2nnc(S[C@@H](C)c3ccc(OC(F)(F)F)cc3)o2)cc1OC. The maximum atomic E-state index is 12.3. The molecule has 29 heavy (non-hydrogen) atoms. The van der Waals surface area contributed by atoms with Gasteiger partial charge in [0, 0.05) is 10.8 Å².